The quantitative estimate of drug-likeness (QED) is 0.601. The fourth-order valence-corrected chi connectivity index (χ4v) is 4.37. The summed E-state index contributed by atoms with van der Waals surface area (Å²) in [4.78, 5) is 0. The van der Waals surface area contributed by atoms with Crippen molar-refractivity contribution in [3.63, 3.8) is 0 Å². The Kier molecular flexibility index (Phi) is 2.91. The Labute approximate surface area is 89.5 Å². The molecule has 2 aliphatic rings. The minimum Gasteiger partial charge on any atom is -0.0649 e. The molecule has 2 atom stereocenters. The molecule has 0 aromatic rings. The summed E-state index contributed by atoms with van der Waals surface area (Å²) in [5.41, 5.74) is 0.744. The van der Waals surface area contributed by atoms with Crippen LogP contribution < -0.4 is 0 Å². The van der Waals surface area contributed by atoms with Crippen LogP contribution in [0.15, 0.2) is 0 Å². The van der Waals surface area contributed by atoms with Crippen molar-refractivity contribution in [3.05, 3.63) is 0 Å². The monoisotopic (exact) mass is 194 g/mol. The van der Waals surface area contributed by atoms with Crippen molar-refractivity contribution in [3.8, 4) is 0 Å². The van der Waals surface area contributed by atoms with Crippen LogP contribution in [0.4, 0.5) is 0 Å². The molecular formula is C14H26. The number of hydrogen-bond acceptors (Lipinski definition) is 0. The first-order valence-electron chi connectivity index (χ1n) is 6.67. The van der Waals surface area contributed by atoms with Crippen molar-refractivity contribution >= 4 is 0 Å². The average Bonchev–Trinajstić information content (AvgIpc) is 2.15. The standard InChI is InChI=1S/C14H26/c1-4-14(5-2)9-12-6-11(3)7-13(8-12)10-14/h11-13H,4-10H2,1-3H3. The van der Waals surface area contributed by atoms with E-state index in [-0.39, 0.29) is 0 Å². The highest BCUT2D eigenvalue weighted by molar-refractivity contribution is 4.92. The molecule has 14 heavy (non-hydrogen) atoms. The molecule has 0 aliphatic heterocycles. The maximum atomic E-state index is 2.46. The predicted molar refractivity (Wildman–Crippen MR) is 62.2 cm³/mol. The fourth-order valence-electron chi connectivity index (χ4n) is 4.37. The zero-order valence-electron chi connectivity index (χ0n) is 10.2. The van der Waals surface area contributed by atoms with Gasteiger partial charge >= 0.3 is 0 Å². The Morgan fingerprint density at radius 3 is 1.86 bits per heavy atom. The van der Waals surface area contributed by atoms with Gasteiger partial charge in [-0.25, -0.2) is 0 Å². The van der Waals surface area contributed by atoms with E-state index in [0.717, 1.165) is 23.2 Å². The van der Waals surface area contributed by atoms with Gasteiger partial charge in [-0.15, -0.1) is 0 Å². The van der Waals surface area contributed by atoms with Crippen LogP contribution in [0.1, 0.15) is 65.7 Å². The van der Waals surface area contributed by atoms with Crippen molar-refractivity contribution in [2.45, 2.75) is 65.7 Å². The highest BCUT2D eigenvalue weighted by Crippen LogP contribution is 2.53. The lowest BCUT2D eigenvalue weighted by Gasteiger charge is -2.48. The molecule has 2 unspecified atom stereocenters. The second-order valence-corrected chi connectivity index (χ2v) is 6.16. The molecule has 82 valence electrons. The molecule has 0 nitrogen and oxygen atoms in total. The summed E-state index contributed by atoms with van der Waals surface area (Å²) in [7, 11) is 0. The summed E-state index contributed by atoms with van der Waals surface area (Å²) >= 11 is 0. The van der Waals surface area contributed by atoms with Crippen LogP contribution in [0.3, 0.4) is 0 Å². The third kappa shape index (κ3) is 1.85. The van der Waals surface area contributed by atoms with Crippen molar-refractivity contribution in [1.82, 2.24) is 0 Å². The molecule has 0 radical (unpaired) electrons. The molecule has 2 bridgehead atoms. The zero-order valence-corrected chi connectivity index (χ0v) is 10.2. The number of fused-ring (bicyclic) bond motifs is 2. The normalized spacial score (nSPS) is 40.9. The van der Waals surface area contributed by atoms with Crippen molar-refractivity contribution in [1.29, 1.82) is 0 Å². The first-order valence-corrected chi connectivity index (χ1v) is 6.67. The highest BCUT2D eigenvalue weighted by Gasteiger charge is 2.41. The molecule has 2 aliphatic carbocycles. The van der Waals surface area contributed by atoms with E-state index in [9.17, 15) is 0 Å². The predicted octanol–water partition coefficient (Wildman–Crippen LogP) is 4.64. The molecule has 0 amide bonds. The van der Waals surface area contributed by atoms with Gasteiger partial charge in [0.1, 0.15) is 0 Å². The molecule has 2 fully saturated rings. The first kappa shape index (κ1) is 10.5. The molecule has 2 rings (SSSR count). The Morgan fingerprint density at radius 2 is 1.43 bits per heavy atom. The zero-order chi connectivity index (χ0) is 10.2. The van der Waals surface area contributed by atoms with E-state index in [1.807, 2.05) is 0 Å². The van der Waals surface area contributed by atoms with Crippen molar-refractivity contribution < 1.29 is 0 Å². The lowest BCUT2D eigenvalue weighted by atomic mass is 9.57. The second kappa shape index (κ2) is 3.87. The van der Waals surface area contributed by atoms with Crippen LogP contribution in [0, 0.1) is 23.2 Å². The van der Waals surface area contributed by atoms with E-state index >= 15 is 0 Å². The van der Waals surface area contributed by atoms with Gasteiger partial charge in [0.05, 0.1) is 0 Å². The van der Waals surface area contributed by atoms with Crippen LogP contribution >= 0.6 is 0 Å². The third-order valence-electron chi connectivity index (χ3n) is 5.08. The van der Waals surface area contributed by atoms with E-state index in [1.165, 1.54) is 25.7 Å². The summed E-state index contributed by atoms with van der Waals surface area (Å²) < 4.78 is 0. The van der Waals surface area contributed by atoms with Crippen LogP contribution in [-0.4, -0.2) is 0 Å². The smallest absolute Gasteiger partial charge is 0.0297 e. The van der Waals surface area contributed by atoms with Crippen LogP contribution in [0.2, 0.25) is 0 Å². The molecular weight excluding hydrogens is 168 g/mol. The molecule has 0 heterocycles. The maximum Gasteiger partial charge on any atom is -0.0297 e. The Balaban J connectivity index is 2.07. The Hall–Kier alpha value is 0. The fraction of sp³-hybridized carbons (Fsp3) is 1.00. The van der Waals surface area contributed by atoms with E-state index < -0.39 is 0 Å². The van der Waals surface area contributed by atoms with E-state index in [1.54, 1.807) is 19.3 Å². The van der Waals surface area contributed by atoms with Crippen molar-refractivity contribution in [2.24, 2.45) is 23.2 Å². The summed E-state index contributed by atoms with van der Waals surface area (Å²) in [5.74, 6) is 3.18. The van der Waals surface area contributed by atoms with Gasteiger partial charge in [0, 0.05) is 0 Å². The van der Waals surface area contributed by atoms with Crippen LogP contribution in [-0.2, 0) is 0 Å². The second-order valence-electron chi connectivity index (χ2n) is 6.16. The maximum absolute atomic E-state index is 2.46. The summed E-state index contributed by atoms with van der Waals surface area (Å²) in [6, 6.07) is 0. The van der Waals surface area contributed by atoms with E-state index in [0.29, 0.717) is 0 Å². The minimum atomic E-state index is 0.744. The van der Waals surface area contributed by atoms with E-state index in [2.05, 4.69) is 20.8 Å². The Morgan fingerprint density at radius 1 is 0.929 bits per heavy atom. The highest BCUT2D eigenvalue weighted by atomic mass is 14.5. The molecule has 0 aromatic carbocycles. The molecule has 0 N–H and O–H groups in total. The number of rotatable bonds is 2. The summed E-state index contributed by atoms with van der Waals surface area (Å²) in [5, 5.41) is 0. The van der Waals surface area contributed by atoms with Gasteiger partial charge in [0.2, 0.25) is 0 Å². The SMILES string of the molecule is CCC1(CC)CC2CC(C)CC(C2)C1. The van der Waals surface area contributed by atoms with Gasteiger partial charge in [-0.3, -0.25) is 0 Å². The van der Waals surface area contributed by atoms with Crippen molar-refractivity contribution in [2.75, 3.05) is 0 Å². The lowest BCUT2D eigenvalue weighted by Crippen LogP contribution is -2.37. The molecule has 0 saturated heterocycles. The third-order valence-corrected chi connectivity index (χ3v) is 5.08. The summed E-state index contributed by atoms with van der Waals surface area (Å²) in [6.45, 7) is 7.28. The number of hydrogen-bond donors (Lipinski definition) is 0. The topological polar surface area (TPSA) is 0 Å². The largest absolute Gasteiger partial charge is 0.0649 e. The Bertz CT molecular complexity index is 170. The first-order chi connectivity index (χ1) is 6.67. The van der Waals surface area contributed by atoms with Crippen LogP contribution in [0.25, 0.3) is 0 Å². The van der Waals surface area contributed by atoms with Gasteiger partial charge < -0.3 is 0 Å². The average molecular weight is 194 g/mol. The van der Waals surface area contributed by atoms with Gasteiger partial charge in [-0.1, -0.05) is 33.6 Å². The van der Waals surface area contributed by atoms with Gasteiger partial charge in [-0.05, 0) is 55.3 Å². The van der Waals surface area contributed by atoms with E-state index in [4.69, 9.17) is 0 Å². The lowest BCUT2D eigenvalue weighted by molar-refractivity contribution is 0.0291. The van der Waals surface area contributed by atoms with Gasteiger partial charge in [0.15, 0.2) is 0 Å². The minimum absolute atomic E-state index is 0.744. The molecule has 0 spiro atoms. The molecule has 0 aromatic heterocycles. The molecule has 0 heteroatoms. The van der Waals surface area contributed by atoms with Crippen LogP contribution in [0.5, 0.6) is 0 Å². The van der Waals surface area contributed by atoms with Gasteiger partial charge in [0.25, 0.3) is 0 Å². The summed E-state index contributed by atoms with van der Waals surface area (Å²) in [6.07, 6.45) is 10.5. The molecule has 2 saturated carbocycles. The van der Waals surface area contributed by atoms with Gasteiger partial charge in [-0.2, -0.15) is 0 Å².